The summed E-state index contributed by atoms with van der Waals surface area (Å²) in [6.07, 6.45) is 1.13. The molecule has 0 spiro atoms. The molecule has 5 nitrogen and oxygen atoms in total. The molecule has 2 aliphatic carbocycles. The lowest BCUT2D eigenvalue weighted by Gasteiger charge is -2.12. The molecule has 2 unspecified atom stereocenters. The van der Waals surface area contributed by atoms with Gasteiger partial charge in [0.1, 0.15) is 9.87 Å². The summed E-state index contributed by atoms with van der Waals surface area (Å²) in [5, 5.41) is 14.2. The first kappa shape index (κ1) is 23.4. The first-order valence-corrected chi connectivity index (χ1v) is 11.2. The van der Waals surface area contributed by atoms with Gasteiger partial charge in [-0.05, 0) is 48.7 Å². The van der Waals surface area contributed by atoms with Gasteiger partial charge in [0, 0.05) is 11.6 Å². The molecule has 2 saturated carbocycles. The van der Waals surface area contributed by atoms with Crippen molar-refractivity contribution >= 4 is 75.5 Å². The topological polar surface area (TPSA) is 82.0 Å². The number of nitrogens with zero attached hydrogens (tertiary/aromatic N) is 1. The number of carbonyl (C=O) groups is 2. The van der Waals surface area contributed by atoms with Crippen LogP contribution >= 0.6 is 58.0 Å². The highest BCUT2D eigenvalue weighted by atomic mass is 35.5. The highest BCUT2D eigenvalue weighted by Gasteiger charge is 2.67. The monoisotopic (exact) mass is 533 g/mol. The zero-order valence-corrected chi connectivity index (χ0v) is 19.8. The van der Waals surface area contributed by atoms with Crippen LogP contribution in [-0.4, -0.2) is 21.7 Å². The van der Waals surface area contributed by atoms with Crippen molar-refractivity contribution in [3.05, 3.63) is 62.3 Å². The van der Waals surface area contributed by atoms with E-state index in [0.29, 0.717) is 18.4 Å². The molecule has 32 heavy (non-hydrogen) atoms. The standard InChI is InChI=1S/C21H13Cl5FN3O2/c22-12-2-1-10(7-11(12)18(31)30-20(8-28)3-4-20)29-19(32)16-15(21(16,25)26)9-5-13(23)17(27)14(24)6-9/h1-2,5-7,15-16H,3-4H2,(H,29,32)(H,30,31). The maximum atomic E-state index is 13.7. The molecule has 11 heteroatoms. The van der Waals surface area contributed by atoms with Crippen LogP contribution in [0.5, 0.6) is 0 Å². The van der Waals surface area contributed by atoms with Gasteiger partial charge >= 0.3 is 0 Å². The third-order valence-corrected chi connectivity index (χ3v) is 7.32. The zero-order valence-electron chi connectivity index (χ0n) is 16.0. The number of carbonyl (C=O) groups excluding carboxylic acids is 2. The Morgan fingerprint density at radius 2 is 1.69 bits per heavy atom. The number of rotatable bonds is 5. The van der Waals surface area contributed by atoms with Crippen LogP contribution in [0.1, 0.15) is 34.7 Å². The van der Waals surface area contributed by atoms with Crippen LogP contribution in [0, 0.1) is 23.1 Å². The number of hydrogen-bond donors (Lipinski definition) is 2. The summed E-state index contributed by atoms with van der Waals surface area (Å²) in [6, 6.07) is 9.09. The van der Waals surface area contributed by atoms with Crippen LogP contribution in [0.25, 0.3) is 0 Å². The van der Waals surface area contributed by atoms with Crippen molar-refractivity contribution in [3.63, 3.8) is 0 Å². The normalized spacial score (nSPS) is 21.9. The summed E-state index contributed by atoms with van der Waals surface area (Å²) in [6.45, 7) is 0. The van der Waals surface area contributed by atoms with Gasteiger partial charge in [0.2, 0.25) is 5.91 Å². The van der Waals surface area contributed by atoms with Crippen LogP contribution < -0.4 is 10.6 Å². The molecule has 0 aliphatic heterocycles. The molecule has 0 aromatic heterocycles. The molecule has 2 N–H and O–H groups in total. The summed E-state index contributed by atoms with van der Waals surface area (Å²) in [5.41, 5.74) is -0.0427. The van der Waals surface area contributed by atoms with Gasteiger partial charge in [0.05, 0.1) is 32.6 Å². The van der Waals surface area contributed by atoms with Gasteiger partial charge in [-0.3, -0.25) is 9.59 Å². The second-order valence-corrected chi connectivity index (χ2v) is 10.4. The third kappa shape index (κ3) is 4.25. The van der Waals surface area contributed by atoms with Crippen molar-refractivity contribution in [2.24, 2.45) is 5.92 Å². The van der Waals surface area contributed by atoms with Crippen LogP contribution in [-0.2, 0) is 4.79 Å². The maximum absolute atomic E-state index is 13.7. The summed E-state index contributed by atoms with van der Waals surface area (Å²) < 4.78 is 12.3. The van der Waals surface area contributed by atoms with Gasteiger partial charge < -0.3 is 10.6 Å². The van der Waals surface area contributed by atoms with Crippen LogP contribution in [0.2, 0.25) is 15.1 Å². The van der Waals surface area contributed by atoms with Crippen molar-refractivity contribution in [3.8, 4) is 6.07 Å². The predicted octanol–water partition coefficient (Wildman–Crippen LogP) is 6.10. The molecule has 0 bridgehead atoms. The Balaban J connectivity index is 1.52. The Morgan fingerprint density at radius 1 is 1.06 bits per heavy atom. The summed E-state index contributed by atoms with van der Waals surface area (Å²) in [5.74, 6) is -3.34. The molecular formula is C21H13Cl5FN3O2. The quantitative estimate of drug-likeness (QED) is 0.359. The number of anilines is 1. The van der Waals surface area contributed by atoms with Gasteiger partial charge in [0.25, 0.3) is 5.91 Å². The number of benzene rings is 2. The lowest BCUT2D eigenvalue weighted by Crippen LogP contribution is -2.35. The van der Waals surface area contributed by atoms with E-state index in [-0.39, 0.29) is 26.3 Å². The van der Waals surface area contributed by atoms with Crippen molar-refractivity contribution in [1.29, 1.82) is 5.26 Å². The average Bonchev–Trinajstić information content (AvgIpc) is 3.62. The van der Waals surface area contributed by atoms with E-state index in [1.54, 1.807) is 0 Å². The Kier molecular flexibility index (Phi) is 6.02. The molecule has 0 heterocycles. The fraction of sp³-hybridized carbons (Fsp3) is 0.286. The maximum Gasteiger partial charge on any atom is 0.254 e. The number of nitriles is 1. The Bertz CT molecular complexity index is 1170. The van der Waals surface area contributed by atoms with Gasteiger partial charge in [-0.15, -0.1) is 23.2 Å². The molecule has 166 valence electrons. The van der Waals surface area contributed by atoms with E-state index in [2.05, 4.69) is 16.7 Å². The van der Waals surface area contributed by atoms with Gasteiger partial charge in [-0.2, -0.15) is 5.26 Å². The van der Waals surface area contributed by atoms with E-state index in [1.807, 2.05) is 0 Å². The number of nitrogens with one attached hydrogen (secondary N) is 2. The lowest BCUT2D eigenvalue weighted by molar-refractivity contribution is -0.117. The molecule has 4 rings (SSSR count). The van der Waals surface area contributed by atoms with E-state index >= 15 is 0 Å². The van der Waals surface area contributed by atoms with Crippen molar-refractivity contribution in [1.82, 2.24) is 5.32 Å². The third-order valence-electron chi connectivity index (χ3n) is 5.50. The molecular weight excluding hydrogens is 523 g/mol. The van der Waals surface area contributed by atoms with Crippen LogP contribution in [0.15, 0.2) is 30.3 Å². The fourth-order valence-electron chi connectivity index (χ4n) is 3.49. The number of halogens is 6. The molecule has 2 amide bonds. The average molecular weight is 536 g/mol. The Labute approximate surface area is 207 Å². The Morgan fingerprint density at radius 3 is 2.25 bits per heavy atom. The minimum Gasteiger partial charge on any atom is -0.334 e. The molecule has 2 aliphatic rings. The molecule has 2 aromatic carbocycles. The second kappa shape index (κ2) is 8.23. The van der Waals surface area contributed by atoms with Gasteiger partial charge in [0.15, 0.2) is 5.82 Å². The molecule has 2 fully saturated rings. The second-order valence-electron chi connectivity index (χ2n) is 7.76. The van der Waals surface area contributed by atoms with Crippen LogP contribution in [0.3, 0.4) is 0 Å². The van der Waals surface area contributed by atoms with E-state index < -0.39 is 39.3 Å². The van der Waals surface area contributed by atoms with E-state index in [1.165, 1.54) is 30.3 Å². The number of alkyl halides is 2. The number of hydrogen-bond acceptors (Lipinski definition) is 3. The fourth-order valence-corrected chi connectivity index (χ4v) is 5.03. The smallest absolute Gasteiger partial charge is 0.254 e. The Hall–Kier alpha value is -1.75. The van der Waals surface area contributed by atoms with Gasteiger partial charge in [-0.25, -0.2) is 4.39 Å². The molecule has 2 atom stereocenters. The van der Waals surface area contributed by atoms with E-state index in [4.69, 9.17) is 63.3 Å². The minimum atomic E-state index is -1.45. The first-order valence-electron chi connectivity index (χ1n) is 9.35. The van der Waals surface area contributed by atoms with Gasteiger partial charge in [-0.1, -0.05) is 34.8 Å². The minimum absolute atomic E-state index is 0.110. The SMILES string of the molecule is N#CC1(NC(=O)c2cc(NC(=O)C3C(c4cc(Cl)c(F)c(Cl)c4)C3(Cl)Cl)ccc2Cl)CC1. The van der Waals surface area contributed by atoms with Crippen molar-refractivity contribution in [2.45, 2.75) is 28.6 Å². The zero-order chi connectivity index (χ0) is 23.4. The van der Waals surface area contributed by atoms with E-state index in [9.17, 15) is 14.0 Å². The lowest BCUT2D eigenvalue weighted by atomic mass is 10.1. The van der Waals surface area contributed by atoms with Crippen molar-refractivity contribution in [2.75, 3.05) is 5.32 Å². The van der Waals surface area contributed by atoms with Crippen LogP contribution in [0.4, 0.5) is 10.1 Å². The highest BCUT2D eigenvalue weighted by Crippen LogP contribution is 2.65. The first-order chi connectivity index (χ1) is 15.0. The predicted molar refractivity (Wildman–Crippen MR) is 122 cm³/mol. The largest absolute Gasteiger partial charge is 0.334 e. The highest BCUT2D eigenvalue weighted by molar-refractivity contribution is 6.53. The molecule has 0 radical (unpaired) electrons. The molecule has 2 aromatic rings. The summed E-state index contributed by atoms with van der Waals surface area (Å²) >= 11 is 30.5. The number of amides is 2. The summed E-state index contributed by atoms with van der Waals surface area (Å²) in [7, 11) is 0. The van der Waals surface area contributed by atoms with E-state index in [0.717, 1.165) is 0 Å². The molecule has 0 saturated heterocycles. The van der Waals surface area contributed by atoms with Crippen molar-refractivity contribution < 1.29 is 14.0 Å². The summed E-state index contributed by atoms with van der Waals surface area (Å²) in [4.78, 5) is 25.4.